The van der Waals surface area contributed by atoms with Crippen LogP contribution < -0.4 is 15.0 Å². The lowest BCUT2D eigenvalue weighted by Crippen LogP contribution is -2.38. The van der Waals surface area contributed by atoms with E-state index in [1.807, 2.05) is 6.92 Å². The maximum absolute atomic E-state index is 13.2. The molecule has 0 unspecified atom stereocenters. The minimum absolute atomic E-state index is 0.144. The molecule has 0 spiro atoms. The highest BCUT2D eigenvalue weighted by atomic mass is 32.2. The first kappa shape index (κ1) is 25.2. The number of sulfonamides is 1. The van der Waals surface area contributed by atoms with Crippen LogP contribution in [0.5, 0.6) is 5.75 Å². The SMILES string of the molecule is CCOc1ccc(NC(=O)CN2C(=O)CCCc3cc(S(=O)(=O)N4CCC(C)CC4)ccc32)cc1. The number of anilines is 2. The number of carbonyl (C=O) groups is 2. The van der Waals surface area contributed by atoms with Gasteiger partial charge in [-0.15, -0.1) is 0 Å². The highest BCUT2D eigenvalue weighted by molar-refractivity contribution is 7.89. The van der Waals surface area contributed by atoms with Crippen LogP contribution in [0.25, 0.3) is 0 Å². The molecule has 2 amide bonds. The number of aryl methyl sites for hydroxylation is 1. The minimum Gasteiger partial charge on any atom is -0.494 e. The zero-order valence-electron chi connectivity index (χ0n) is 20.3. The average Bonchev–Trinajstić information content (AvgIpc) is 2.99. The van der Waals surface area contributed by atoms with Crippen molar-refractivity contribution < 1.29 is 22.7 Å². The molecule has 0 aliphatic carbocycles. The minimum atomic E-state index is -3.59. The van der Waals surface area contributed by atoms with Crippen molar-refractivity contribution in [2.24, 2.45) is 5.92 Å². The van der Waals surface area contributed by atoms with Crippen molar-refractivity contribution in [3.63, 3.8) is 0 Å². The lowest BCUT2D eigenvalue weighted by molar-refractivity contribution is -0.121. The monoisotopic (exact) mass is 499 g/mol. The number of nitrogens with zero attached hydrogens (tertiary/aromatic N) is 2. The van der Waals surface area contributed by atoms with Crippen LogP contribution in [0.3, 0.4) is 0 Å². The summed E-state index contributed by atoms with van der Waals surface area (Å²) in [7, 11) is -3.59. The molecule has 2 aliphatic rings. The number of carbonyl (C=O) groups excluding carboxylic acids is 2. The van der Waals surface area contributed by atoms with Gasteiger partial charge in [-0.05, 0) is 86.6 Å². The van der Waals surface area contributed by atoms with E-state index in [0.717, 1.165) is 18.4 Å². The molecule has 2 aromatic carbocycles. The van der Waals surface area contributed by atoms with Gasteiger partial charge in [-0.2, -0.15) is 4.31 Å². The number of amides is 2. The maximum atomic E-state index is 13.2. The van der Waals surface area contributed by atoms with Gasteiger partial charge in [-0.25, -0.2) is 8.42 Å². The molecule has 2 aliphatic heterocycles. The van der Waals surface area contributed by atoms with E-state index in [-0.39, 0.29) is 23.3 Å². The molecule has 4 rings (SSSR count). The van der Waals surface area contributed by atoms with Crippen molar-refractivity contribution >= 4 is 33.2 Å². The topological polar surface area (TPSA) is 96.0 Å². The third-order valence-electron chi connectivity index (χ3n) is 6.61. The Kier molecular flexibility index (Phi) is 7.76. The third-order valence-corrected chi connectivity index (χ3v) is 8.51. The number of ether oxygens (including phenoxy) is 1. The van der Waals surface area contributed by atoms with E-state index in [1.165, 1.54) is 4.90 Å². The molecule has 9 heteroatoms. The first-order valence-electron chi connectivity index (χ1n) is 12.2. The van der Waals surface area contributed by atoms with Gasteiger partial charge in [0.2, 0.25) is 21.8 Å². The van der Waals surface area contributed by atoms with Crippen LogP contribution in [-0.4, -0.2) is 50.8 Å². The molecule has 1 N–H and O–H groups in total. The zero-order chi connectivity index (χ0) is 25.0. The molecular weight excluding hydrogens is 466 g/mol. The summed E-state index contributed by atoms with van der Waals surface area (Å²) in [6, 6.07) is 12.0. The standard InChI is InChI=1S/C26H33N3O5S/c1-3-34-22-9-7-21(8-10-22)27-25(30)18-29-24-12-11-23(17-20(24)5-4-6-26(29)31)35(32,33)28-15-13-19(2)14-16-28/h7-12,17,19H,3-6,13-16,18H2,1-2H3,(H,27,30). The Morgan fingerprint density at radius 2 is 1.80 bits per heavy atom. The Bertz CT molecular complexity index is 1170. The molecule has 35 heavy (non-hydrogen) atoms. The van der Waals surface area contributed by atoms with Gasteiger partial charge in [0.25, 0.3) is 0 Å². The molecule has 0 saturated carbocycles. The molecular formula is C26H33N3O5S. The molecule has 8 nitrogen and oxygen atoms in total. The fraction of sp³-hybridized carbons (Fsp3) is 0.462. The van der Waals surface area contributed by atoms with Crippen molar-refractivity contribution in [3.8, 4) is 5.75 Å². The molecule has 1 saturated heterocycles. The molecule has 0 radical (unpaired) electrons. The molecule has 2 aromatic rings. The molecule has 0 bridgehead atoms. The van der Waals surface area contributed by atoms with E-state index in [4.69, 9.17) is 4.74 Å². The Hall–Kier alpha value is -2.91. The highest BCUT2D eigenvalue weighted by Gasteiger charge is 2.30. The van der Waals surface area contributed by atoms with Crippen molar-refractivity contribution in [3.05, 3.63) is 48.0 Å². The fourth-order valence-electron chi connectivity index (χ4n) is 4.58. The summed E-state index contributed by atoms with van der Waals surface area (Å²) in [5.41, 5.74) is 1.98. The average molecular weight is 500 g/mol. The highest BCUT2D eigenvalue weighted by Crippen LogP contribution is 2.31. The van der Waals surface area contributed by atoms with E-state index >= 15 is 0 Å². The number of benzene rings is 2. The second kappa shape index (κ2) is 10.8. The normalized spacial score (nSPS) is 17.5. The van der Waals surface area contributed by atoms with Crippen molar-refractivity contribution in [1.29, 1.82) is 0 Å². The van der Waals surface area contributed by atoms with Gasteiger partial charge in [0, 0.05) is 30.9 Å². The Labute approximate surface area is 207 Å². The Balaban J connectivity index is 1.51. The summed E-state index contributed by atoms with van der Waals surface area (Å²) in [5.74, 6) is 0.773. The predicted octanol–water partition coefficient (Wildman–Crippen LogP) is 3.81. The van der Waals surface area contributed by atoms with Crippen LogP contribution in [0, 0.1) is 5.92 Å². The fourth-order valence-corrected chi connectivity index (χ4v) is 6.10. The van der Waals surface area contributed by atoms with Gasteiger partial charge in [-0.3, -0.25) is 9.59 Å². The van der Waals surface area contributed by atoms with Gasteiger partial charge in [0.05, 0.1) is 11.5 Å². The first-order valence-corrected chi connectivity index (χ1v) is 13.7. The number of nitrogens with one attached hydrogen (secondary N) is 1. The maximum Gasteiger partial charge on any atom is 0.244 e. The lowest BCUT2D eigenvalue weighted by Gasteiger charge is -2.30. The molecule has 0 atom stereocenters. The molecule has 188 valence electrons. The van der Waals surface area contributed by atoms with E-state index in [9.17, 15) is 18.0 Å². The summed E-state index contributed by atoms with van der Waals surface area (Å²) in [5, 5.41) is 2.82. The van der Waals surface area contributed by atoms with E-state index in [0.29, 0.717) is 62.0 Å². The summed E-state index contributed by atoms with van der Waals surface area (Å²) in [4.78, 5) is 27.3. The smallest absolute Gasteiger partial charge is 0.244 e. The van der Waals surface area contributed by atoms with Gasteiger partial charge >= 0.3 is 0 Å². The number of hydrogen-bond acceptors (Lipinski definition) is 5. The number of fused-ring (bicyclic) bond motifs is 1. The summed E-state index contributed by atoms with van der Waals surface area (Å²) < 4.78 is 33.4. The summed E-state index contributed by atoms with van der Waals surface area (Å²) in [6.45, 7) is 5.51. The van der Waals surface area contributed by atoms with Gasteiger partial charge in [0.15, 0.2) is 0 Å². The molecule has 2 heterocycles. The second-order valence-corrected chi connectivity index (χ2v) is 11.2. The van der Waals surface area contributed by atoms with Crippen LogP contribution in [0.15, 0.2) is 47.4 Å². The van der Waals surface area contributed by atoms with Crippen LogP contribution in [0.1, 0.15) is 45.1 Å². The van der Waals surface area contributed by atoms with Crippen molar-refractivity contribution in [2.75, 3.05) is 36.5 Å². The zero-order valence-corrected chi connectivity index (χ0v) is 21.1. The van der Waals surface area contributed by atoms with Crippen LogP contribution >= 0.6 is 0 Å². The number of piperidine rings is 1. The number of hydrogen-bond donors (Lipinski definition) is 1. The van der Waals surface area contributed by atoms with Gasteiger partial charge in [0.1, 0.15) is 12.3 Å². The molecule has 0 aromatic heterocycles. The van der Waals surface area contributed by atoms with Crippen LogP contribution in [0.2, 0.25) is 0 Å². The first-order chi connectivity index (χ1) is 16.8. The Morgan fingerprint density at radius 3 is 2.49 bits per heavy atom. The van der Waals surface area contributed by atoms with Gasteiger partial charge < -0.3 is 15.0 Å². The third kappa shape index (κ3) is 5.85. The van der Waals surface area contributed by atoms with E-state index < -0.39 is 10.0 Å². The van der Waals surface area contributed by atoms with Crippen LogP contribution in [0.4, 0.5) is 11.4 Å². The number of rotatable bonds is 7. The van der Waals surface area contributed by atoms with E-state index in [1.54, 1.807) is 46.8 Å². The quantitative estimate of drug-likeness (QED) is 0.625. The van der Waals surface area contributed by atoms with E-state index in [2.05, 4.69) is 12.2 Å². The predicted molar refractivity (Wildman–Crippen MR) is 135 cm³/mol. The largest absolute Gasteiger partial charge is 0.494 e. The second-order valence-electron chi connectivity index (χ2n) is 9.22. The van der Waals surface area contributed by atoms with Crippen LogP contribution in [-0.2, 0) is 26.0 Å². The Morgan fingerprint density at radius 1 is 1.09 bits per heavy atom. The molecule has 1 fully saturated rings. The summed E-state index contributed by atoms with van der Waals surface area (Å²) in [6.07, 6.45) is 3.20. The lowest BCUT2D eigenvalue weighted by atomic mass is 10.0. The summed E-state index contributed by atoms with van der Waals surface area (Å²) >= 11 is 0. The van der Waals surface area contributed by atoms with Gasteiger partial charge in [-0.1, -0.05) is 6.92 Å². The van der Waals surface area contributed by atoms with Crippen molar-refractivity contribution in [1.82, 2.24) is 4.31 Å². The van der Waals surface area contributed by atoms with Crippen molar-refractivity contribution in [2.45, 2.75) is 50.8 Å².